The highest BCUT2D eigenvalue weighted by Crippen LogP contribution is 2.17. The number of nitrogens with two attached hydrogens (primary N) is 1. The Bertz CT molecular complexity index is 733. The first-order valence-corrected chi connectivity index (χ1v) is 8.82. The fraction of sp³-hybridized carbons (Fsp3) is 0.375. The molecule has 2 amide bonds. The van der Waals surface area contributed by atoms with Gasteiger partial charge in [0.25, 0.3) is 0 Å². The predicted molar refractivity (Wildman–Crippen MR) is 92.2 cm³/mol. The van der Waals surface area contributed by atoms with Crippen molar-refractivity contribution in [3.05, 3.63) is 41.5 Å². The maximum atomic E-state index is 12.8. The maximum Gasteiger partial charge on any atom is 0.230 e. The van der Waals surface area contributed by atoms with E-state index in [0.29, 0.717) is 30.5 Å². The van der Waals surface area contributed by atoms with Crippen molar-refractivity contribution in [1.29, 1.82) is 0 Å². The first-order valence-electron chi connectivity index (χ1n) is 7.84. The minimum atomic E-state index is -0.389. The second-order valence-corrected chi connectivity index (χ2v) is 6.24. The van der Waals surface area contributed by atoms with Crippen molar-refractivity contribution in [3.8, 4) is 0 Å². The number of rotatable bonds is 9. The normalized spacial score (nSPS) is 10.6. The summed E-state index contributed by atoms with van der Waals surface area (Å²) in [6.07, 6.45) is 0.633. The molecule has 2 aromatic rings. The number of primary amides is 1. The molecular weight excluding hydrogens is 345 g/mol. The second kappa shape index (κ2) is 9.16. The van der Waals surface area contributed by atoms with Gasteiger partial charge in [0.15, 0.2) is 5.16 Å². The van der Waals surface area contributed by atoms with Gasteiger partial charge in [-0.05, 0) is 24.6 Å². The Kier molecular flexibility index (Phi) is 6.93. The van der Waals surface area contributed by atoms with Crippen molar-refractivity contribution in [2.45, 2.75) is 38.0 Å². The molecule has 0 saturated heterocycles. The highest BCUT2D eigenvalue weighted by atomic mass is 32.2. The van der Waals surface area contributed by atoms with Gasteiger partial charge in [0, 0.05) is 25.9 Å². The summed E-state index contributed by atoms with van der Waals surface area (Å²) in [4.78, 5) is 22.8. The largest absolute Gasteiger partial charge is 0.370 e. The number of hydrogen-bond donors (Lipinski definition) is 2. The van der Waals surface area contributed by atoms with Crippen LogP contribution in [0.25, 0.3) is 0 Å². The summed E-state index contributed by atoms with van der Waals surface area (Å²) in [5.74, 6) is 0.0145. The quantitative estimate of drug-likeness (QED) is 0.651. The molecule has 9 heteroatoms. The minimum Gasteiger partial charge on any atom is -0.370 e. The summed E-state index contributed by atoms with van der Waals surface area (Å²) < 4.78 is 14.7. The van der Waals surface area contributed by atoms with Gasteiger partial charge >= 0.3 is 0 Å². The van der Waals surface area contributed by atoms with E-state index in [1.165, 1.54) is 23.9 Å². The van der Waals surface area contributed by atoms with Crippen molar-refractivity contribution in [2.75, 3.05) is 5.75 Å². The van der Waals surface area contributed by atoms with Crippen LogP contribution in [0.2, 0.25) is 0 Å². The number of benzene rings is 1. The number of nitrogens with one attached hydrogen (secondary N) is 1. The van der Waals surface area contributed by atoms with Crippen LogP contribution in [0.5, 0.6) is 0 Å². The Labute approximate surface area is 149 Å². The molecule has 1 heterocycles. The van der Waals surface area contributed by atoms with Gasteiger partial charge in [0.2, 0.25) is 11.8 Å². The van der Waals surface area contributed by atoms with Crippen molar-refractivity contribution in [3.63, 3.8) is 0 Å². The van der Waals surface area contributed by atoms with E-state index < -0.39 is 0 Å². The molecule has 0 aliphatic carbocycles. The Hall–Kier alpha value is -2.42. The van der Waals surface area contributed by atoms with Gasteiger partial charge in [-0.15, -0.1) is 10.2 Å². The summed E-state index contributed by atoms with van der Waals surface area (Å²) >= 11 is 1.27. The molecule has 25 heavy (non-hydrogen) atoms. The molecular formula is C16H20FN5O2S. The predicted octanol–water partition coefficient (Wildman–Crippen LogP) is 1.26. The number of aromatic nitrogens is 3. The molecule has 0 fully saturated rings. The van der Waals surface area contributed by atoms with Gasteiger partial charge in [-0.2, -0.15) is 0 Å². The average Bonchev–Trinajstić information content (AvgIpc) is 2.99. The van der Waals surface area contributed by atoms with Crippen molar-refractivity contribution >= 4 is 23.6 Å². The number of aryl methyl sites for hydroxylation is 1. The van der Waals surface area contributed by atoms with Gasteiger partial charge in [0.05, 0.1) is 5.75 Å². The van der Waals surface area contributed by atoms with Crippen LogP contribution in [0.3, 0.4) is 0 Å². The molecule has 0 bridgehead atoms. The van der Waals surface area contributed by atoms with Gasteiger partial charge in [-0.25, -0.2) is 4.39 Å². The molecule has 0 saturated carbocycles. The lowest BCUT2D eigenvalue weighted by Crippen LogP contribution is -2.24. The van der Waals surface area contributed by atoms with Gasteiger partial charge in [0.1, 0.15) is 11.6 Å². The zero-order valence-electron chi connectivity index (χ0n) is 13.9. The number of thioether (sulfide) groups is 1. The number of carbonyl (C=O) groups is 2. The van der Waals surface area contributed by atoms with Crippen LogP contribution in [-0.2, 0) is 29.1 Å². The van der Waals surface area contributed by atoms with E-state index in [9.17, 15) is 14.0 Å². The lowest BCUT2D eigenvalue weighted by molar-refractivity contribution is -0.119. The Morgan fingerprint density at radius 2 is 2.00 bits per heavy atom. The van der Waals surface area contributed by atoms with Crippen molar-refractivity contribution in [1.82, 2.24) is 20.1 Å². The minimum absolute atomic E-state index is 0.154. The molecule has 1 aromatic carbocycles. The fourth-order valence-electron chi connectivity index (χ4n) is 2.15. The lowest BCUT2D eigenvalue weighted by atomic mass is 10.2. The summed E-state index contributed by atoms with van der Waals surface area (Å²) in [7, 11) is 0. The van der Waals surface area contributed by atoms with E-state index in [1.54, 1.807) is 12.1 Å². The molecule has 7 nitrogen and oxygen atoms in total. The number of nitrogens with zero attached hydrogens (tertiary/aromatic N) is 3. The zero-order chi connectivity index (χ0) is 18.2. The summed E-state index contributed by atoms with van der Waals surface area (Å²) in [5.41, 5.74) is 5.98. The molecule has 1 aromatic heterocycles. The summed E-state index contributed by atoms with van der Waals surface area (Å²) in [5, 5.41) is 11.5. The van der Waals surface area contributed by atoms with Crippen LogP contribution in [0, 0.1) is 5.82 Å². The average molecular weight is 365 g/mol. The topological polar surface area (TPSA) is 103 Å². The molecule has 2 rings (SSSR count). The first kappa shape index (κ1) is 18.9. The van der Waals surface area contributed by atoms with E-state index in [4.69, 9.17) is 5.73 Å². The lowest BCUT2D eigenvalue weighted by Gasteiger charge is -2.07. The molecule has 134 valence electrons. The molecule has 0 atom stereocenters. The number of halogens is 1. The van der Waals surface area contributed by atoms with Crippen LogP contribution in [-0.4, -0.2) is 32.3 Å². The van der Waals surface area contributed by atoms with E-state index in [-0.39, 0.29) is 29.8 Å². The van der Waals surface area contributed by atoms with Gasteiger partial charge in [-0.3, -0.25) is 9.59 Å². The second-order valence-electron chi connectivity index (χ2n) is 5.30. The van der Waals surface area contributed by atoms with E-state index in [2.05, 4.69) is 15.5 Å². The number of amides is 2. The monoisotopic (exact) mass is 365 g/mol. The van der Waals surface area contributed by atoms with Gasteiger partial charge in [-0.1, -0.05) is 23.9 Å². The van der Waals surface area contributed by atoms with E-state index >= 15 is 0 Å². The van der Waals surface area contributed by atoms with Crippen molar-refractivity contribution in [2.24, 2.45) is 5.73 Å². The third-order valence-corrected chi connectivity index (χ3v) is 4.41. The van der Waals surface area contributed by atoms with Crippen LogP contribution < -0.4 is 11.1 Å². The van der Waals surface area contributed by atoms with Crippen LogP contribution in [0.4, 0.5) is 4.39 Å². The smallest absolute Gasteiger partial charge is 0.230 e. The molecule has 0 unspecified atom stereocenters. The third kappa shape index (κ3) is 5.86. The third-order valence-electron chi connectivity index (χ3n) is 3.44. The number of hydrogen-bond acceptors (Lipinski definition) is 5. The zero-order valence-corrected chi connectivity index (χ0v) is 14.7. The Balaban J connectivity index is 1.84. The fourth-order valence-corrected chi connectivity index (χ4v) is 3.00. The number of carbonyl (C=O) groups excluding carboxylic acids is 2. The van der Waals surface area contributed by atoms with E-state index in [1.807, 2.05) is 11.5 Å². The highest BCUT2D eigenvalue weighted by Gasteiger charge is 2.13. The SMILES string of the molecule is CCn1c(CCC(N)=O)nnc1SCC(=O)NCc1ccc(F)cc1. The van der Waals surface area contributed by atoms with Crippen molar-refractivity contribution < 1.29 is 14.0 Å². The van der Waals surface area contributed by atoms with Gasteiger partial charge < -0.3 is 15.6 Å². The molecule has 3 N–H and O–H groups in total. The van der Waals surface area contributed by atoms with E-state index in [0.717, 1.165) is 5.56 Å². The van der Waals surface area contributed by atoms with Crippen LogP contribution in [0.1, 0.15) is 24.7 Å². The first-order chi connectivity index (χ1) is 12.0. The Morgan fingerprint density at radius 1 is 1.28 bits per heavy atom. The molecule has 0 aliphatic rings. The maximum absolute atomic E-state index is 12.8. The Morgan fingerprint density at radius 3 is 2.64 bits per heavy atom. The molecule has 0 spiro atoms. The van der Waals surface area contributed by atoms with Crippen LogP contribution >= 0.6 is 11.8 Å². The molecule has 0 aliphatic heterocycles. The highest BCUT2D eigenvalue weighted by molar-refractivity contribution is 7.99. The van der Waals surface area contributed by atoms with Crippen LogP contribution in [0.15, 0.2) is 29.4 Å². The molecule has 0 radical (unpaired) electrons. The summed E-state index contributed by atoms with van der Waals surface area (Å²) in [6.45, 7) is 2.92. The standard InChI is InChI=1S/C16H20FN5O2S/c1-2-22-14(8-7-13(18)23)20-21-16(22)25-10-15(24)19-9-11-3-5-12(17)6-4-11/h3-6H,2,7-10H2,1H3,(H2,18,23)(H,19,24). The summed E-state index contributed by atoms with van der Waals surface area (Å²) in [6, 6.07) is 5.96.